The first-order valence-corrected chi connectivity index (χ1v) is 5.81. The molecule has 0 radical (unpaired) electrons. The summed E-state index contributed by atoms with van der Waals surface area (Å²) in [5.41, 5.74) is -0.430. The summed E-state index contributed by atoms with van der Waals surface area (Å²) in [4.78, 5) is 20.0. The molecule has 0 saturated carbocycles. The van der Waals surface area contributed by atoms with Crippen molar-refractivity contribution in [1.29, 1.82) is 0 Å². The third-order valence-corrected chi connectivity index (χ3v) is 2.69. The summed E-state index contributed by atoms with van der Waals surface area (Å²) in [5.74, 6) is -1.05. The van der Waals surface area contributed by atoms with E-state index in [9.17, 15) is 25.3 Å². The van der Waals surface area contributed by atoms with Gasteiger partial charge in [0.05, 0.1) is 22.0 Å². The van der Waals surface area contributed by atoms with Crippen LogP contribution in [0, 0.1) is 20.2 Å². The van der Waals surface area contributed by atoms with Crippen LogP contribution in [-0.2, 0) is 6.61 Å². The molecule has 2 rings (SSSR count). The molecule has 0 unspecified atom stereocenters. The first-order valence-electron chi connectivity index (χ1n) is 5.81. The maximum absolute atomic E-state index is 10.9. The zero-order valence-corrected chi connectivity index (χ0v) is 10.6. The van der Waals surface area contributed by atoms with Gasteiger partial charge in [-0.2, -0.15) is 0 Å². The lowest BCUT2D eigenvalue weighted by Gasteiger charge is -2.07. The molecule has 0 bridgehead atoms. The fraction of sp³-hybridized carbons (Fsp3) is 0.0769. The Morgan fingerprint density at radius 1 is 1.00 bits per heavy atom. The zero-order valence-electron chi connectivity index (χ0n) is 10.6. The quantitative estimate of drug-likeness (QED) is 0.668. The molecule has 1 N–H and O–H groups in total. The van der Waals surface area contributed by atoms with Crippen LogP contribution in [0.3, 0.4) is 0 Å². The Morgan fingerprint density at radius 3 is 2.19 bits per heavy atom. The van der Waals surface area contributed by atoms with Crippen LogP contribution < -0.4 is 4.74 Å². The van der Waals surface area contributed by atoms with Crippen LogP contribution in [0.1, 0.15) is 5.56 Å². The molecule has 2 aromatic rings. The van der Waals surface area contributed by atoms with Crippen molar-refractivity contribution in [2.24, 2.45) is 0 Å². The number of nitro groups is 2. The lowest BCUT2D eigenvalue weighted by Crippen LogP contribution is -2.00. The van der Waals surface area contributed by atoms with Crippen LogP contribution >= 0.6 is 0 Å². The second kappa shape index (κ2) is 5.87. The topological polar surface area (TPSA) is 116 Å². The third kappa shape index (κ3) is 3.24. The number of nitro benzene ring substituents is 2. The van der Waals surface area contributed by atoms with Gasteiger partial charge in [-0.25, -0.2) is 0 Å². The van der Waals surface area contributed by atoms with Crippen molar-refractivity contribution in [2.45, 2.75) is 6.61 Å². The lowest BCUT2D eigenvalue weighted by molar-refractivity contribution is -0.390. The molecule has 0 aromatic heterocycles. The standard InChI is InChI=1S/C13H10N2O6/c16-12-6-11(15(19)20)13(7-10(12)14(17)18)21-8-9-4-2-1-3-5-9/h1-7,16H,8H2. The average Bonchev–Trinajstić information content (AvgIpc) is 2.46. The number of hydrogen-bond acceptors (Lipinski definition) is 6. The molecule has 8 nitrogen and oxygen atoms in total. The molecule has 2 aromatic carbocycles. The Kier molecular flexibility index (Phi) is 3.98. The van der Waals surface area contributed by atoms with E-state index in [4.69, 9.17) is 4.74 Å². The summed E-state index contributed by atoms with van der Waals surface area (Å²) >= 11 is 0. The molecule has 8 heteroatoms. The molecule has 0 heterocycles. The number of nitrogens with zero attached hydrogens (tertiary/aromatic N) is 2. The molecule has 0 saturated heterocycles. The summed E-state index contributed by atoms with van der Waals surface area (Å²) in [5, 5.41) is 31.1. The highest BCUT2D eigenvalue weighted by atomic mass is 16.6. The number of phenols is 1. The molecule has 0 spiro atoms. The monoisotopic (exact) mass is 290 g/mol. The fourth-order valence-corrected chi connectivity index (χ4v) is 1.69. The van der Waals surface area contributed by atoms with E-state index in [-0.39, 0.29) is 12.4 Å². The first-order chi connectivity index (χ1) is 9.99. The molecule has 21 heavy (non-hydrogen) atoms. The van der Waals surface area contributed by atoms with Gasteiger partial charge in [0, 0.05) is 0 Å². The van der Waals surface area contributed by atoms with Gasteiger partial charge in [-0.3, -0.25) is 20.2 Å². The molecule has 0 aliphatic heterocycles. The minimum Gasteiger partial charge on any atom is -0.502 e. The first kappa shape index (κ1) is 14.3. The number of rotatable bonds is 5. The van der Waals surface area contributed by atoms with Crippen LogP contribution in [0.15, 0.2) is 42.5 Å². The molecule has 0 fully saturated rings. The molecular weight excluding hydrogens is 280 g/mol. The molecule has 0 amide bonds. The van der Waals surface area contributed by atoms with Gasteiger partial charge in [-0.1, -0.05) is 30.3 Å². The van der Waals surface area contributed by atoms with E-state index in [1.54, 1.807) is 30.3 Å². The smallest absolute Gasteiger partial charge is 0.315 e. The predicted molar refractivity (Wildman–Crippen MR) is 72.2 cm³/mol. The Bertz CT molecular complexity index is 687. The van der Waals surface area contributed by atoms with Crippen LogP contribution in [0.5, 0.6) is 11.5 Å². The molecule has 0 aliphatic carbocycles. The molecule has 108 valence electrons. The Labute approximate surface area is 118 Å². The Hall–Kier alpha value is -3.16. The number of phenolic OH excluding ortho intramolecular Hbond substituents is 1. The van der Waals surface area contributed by atoms with Crippen molar-refractivity contribution in [1.82, 2.24) is 0 Å². The van der Waals surface area contributed by atoms with Gasteiger partial charge in [-0.05, 0) is 5.56 Å². The largest absolute Gasteiger partial charge is 0.502 e. The van der Waals surface area contributed by atoms with E-state index in [1.165, 1.54) is 0 Å². The summed E-state index contributed by atoms with van der Waals surface area (Å²) in [6.45, 7) is 0.0175. The lowest BCUT2D eigenvalue weighted by atomic mass is 10.2. The van der Waals surface area contributed by atoms with E-state index >= 15 is 0 Å². The maximum atomic E-state index is 10.9. The summed E-state index contributed by atoms with van der Waals surface area (Å²) in [6.07, 6.45) is 0. The van der Waals surface area contributed by atoms with E-state index in [0.717, 1.165) is 11.6 Å². The van der Waals surface area contributed by atoms with Crippen molar-refractivity contribution in [3.05, 3.63) is 68.3 Å². The highest BCUT2D eigenvalue weighted by Crippen LogP contribution is 2.38. The van der Waals surface area contributed by atoms with Crippen molar-refractivity contribution in [3.8, 4) is 11.5 Å². The van der Waals surface area contributed by atoms with E-state index < -0.39 is 27.0 Å². The summed E-state index contributed by atoms with van der Waals surface area (Å²) in [6, 6.07) is 10.4. The minimum absolute atomic E-state index is 0.0175. The van der Waals surface area contributed by atoms with E-state index in [1.807, 2.05) is 0 Å². The fourth-order valence-electron chi connectivity index (χ4n) is 1.69. The molecular formula is C13H10N2O6. The van der Waals surface area contributed by atoms with Crippen LogP contribution in [0.25, 0.3) is 0 Å². The number of benzene rings is 2. The maximum Gasteiger partial charge on any atom is 0.315 e. The molecule has 0 aliphatic rings. The average molecular weight is 290 g/mol. The number of aromatic hydroxyl groups is 1. The Morgan fingerprint density at radius 2 is 1.62 bits per heavy atom. The summed E-state index contributed by atoms with van der Waals surface area (Å²) < 4.78 is 5.27. The van der Waals surface area contributed by atoms with E-state index in [2.05, 4.69) is 0 Å². The van der Waals surface area contributed by atoms with Crippen molar-refractivity contribution in [2.75, 3.05) is 0 Å². The summed E-state index contributed by atoms with van der Waals surface area (Å²) in [7, 11) is 0. The highest BCUT2D eigenvalue weighted by Gasteiger charge is 2.25. The van der Waals surface area contributed by atoms with Crippen molar-refractivity contribution < 1.29 is 19.7 Å². The van der Waals surface area contributed by atoms with Crippen molar-refractivity contribution in [3.63, 3.8) is 0 Å². The van der Waals surface area contributed by atoms with Crippen LogP contribution in [-0.4, -0.2) is 15.0 Å². The van der Waals surface area contributed by atoms with Gasteiger partial charge in [0.25, 0.3) is 0 Å². The SMILES string of the molecule is O=[N+]([O-])c1cc(OCc2ccccc2)c([N+](=O)[O-])cc1O. The van der Waals surface area contributed by atoms with Crippen LogP contribution in [0.4, 0.5) is 11.4 Å². The van der Waals surface area contributed by atoms with Crippen molar-refractivity contribution >= 4 is 11.4 Å². The van der Waals surface area contributed by atoms with Gasteiger partial charge in [0.2, 0.25) is 11.5 Å². The van der Waals surface area contributed by atoms with Gasteiger partial charge >= 0.3 is 11.4 Å². The minimum atomic E-state index is -0.839. The third-order valence-electron chi connectivity index (χ3n) is 2.69. The van der Waals surface area contributed by atoms with Crippen LogP contribution in [0.2, 0.25) is 0 Å². The van der Waals surface area contributed by atoms with Gasteiger partial charge in [-0.15, -0.1) is 0 Å². The normalized spacial score (nSPS) is 10.1. The van der Waals surface area contributed by atoms with Gasteiger partial charge in [0.1, 0.15) is 6.61 Å². The highest BCUT2D eigenvalue weighted by molar-refractivity contribution is 5.60. The van der Waals surface area contributed by atoms with E-state index in [0.29, 0.717) is 6.07 Å². The number of ether oxygens (including phenoxy) is 1. The zero-order chi connectivity index (χ0) is 15.4. The Balaban J connectivity index is 2.34. The number of hydrogen-bond donors (Lipinski definition) is 1. The second-order valence-electron chi connectivity index (χ2n) is 4.10. The van der Waals surface area contributed by atoms with Gasteiger partial charge in [0.15, 0.2) is 0 Å². The second-order valence-corrected chi connectivity index (χ2v) is 4.10. The molecule has 0 atom stereocenters. The predicted octanol–water partition coefficient (Wildman–Crippen LogP) is 2.79. The van der Waals surface area contributed by atoms with Gasteiger partial charge < -0.3 is 9.84 Å².